The minimum atomic E-state index is -0.200. The molecule has 0 saturated carbocycles. The van der Waals surface area contributed by atoms with E-state index in [1.807, 2.05) is 42.5 Å². The van der Waals surface area contributed by atoms with E-state index in [0.717, 1.165) is 43.7 Å². The average molecular weight is 388 g/mol. The van der Waals surface area contributed by atoms with Crippen LogP contribution < -0.4 is 4.90 Å². The monoisotopic (exact) mass is 388 g/mol. The summed E-state index contributed by atoms with van der Waals surface area (Å²) in [7, 11) is 0. The van der Waals surface area contributed by atoms with Crippen LogP contribution in [0.2, 0.25) is 0 Å². The van der Waals surface area contributed by atoms with E-state index in [2.05, 4.69) is 34.1 Å². The number of halogens is 1. The maximum Gasteiger partial charge on any atom is 0.176 e. The zero-order chi connectivity index (χ0) is 20.1. The van der Waals surface area contributed by atoms with E-state index in [9.17, 15) is 9.18 Å². The van der Waals surface area contributed by atoms with E-state index < -0.39 is 0 Å². The number of hydrogen-bond donors (Lipinski definition) is 0. The van der Waals surface area contributed by atoms with Crippen LogP contribution >= 0.6 is 0 Å². The van der Waals surface area contributed by atoms with Crippen molar-refractivity contribution in [3.8, 4) is 0 Å². The molecule has 0 aromatic heterocycles. The summed E-state index contributed by atoms with van der Waals surface area (Å²) in [5, 5.41) is 0. The van der Waals surface area contributed by atoms with Crippen LogP contribution in [0.1, 0.15) is 21.5 Å². The molecule has 3 nitrogen and oxygen atoms in total. The molecule has 0 spiro atoms. The highest BCUT2D eigenvalue weighted by Crippen LogP contribution is 2.19. The summed E-state index contributed by atoms with van der Waals surface area (Å²) in [6, 6.07) is 24.8. The van der Waals surface area contributed by atoms with Gasteiger partial charge >= 0.3 is 0 Å². The Balaban J connectivity index is 1.29. The molecule has 3 aromatic carbocycles. The Bertz CT molecular complexity index is 931. The van der Waals surface area contributed by atoms with Crippen LogP contribution in [0.4, 0.5) is 10.1 Å². The van der Waals surface area contributed by atoms with E-state index >= 15 is 0 Å². The molecule has 1 heterocycles. The SMILES string of the molecule is O=C(CN1CCN(c2ccc(Cc3ccc(F)cc3)cc2)CC1)c1ccccc1. The molecule has 0 bridgehead atoms. The van der Waals surface area contributed by atoms with Crippen molar-refractivity contribution in [3.05, 3.63) is 101 Å². The summed E-state index contributed by atoms with van der Waals surface area (Å²) in [5.74, 6) is -0.0158. The smallest absolute Gasteiger partial charge is 0.176 e. The molecule has 1 aliphatic heterocycles. The number of carbonyl (C=O) groups is 1. The highest BCUT2D eigenvalue weighted by molar-refractivity contribution is 5.97. The molecule has 0 N–H and O–H groups in total. The predicted molar refractivity (Wildman–Crippen MR) is 115 cm³/mol. The zero-order valence-electron chi connectivity index (χ0n) is 16.4. The normalized spacial score (nSPS) is 14.7. The van der Waals surface area contributed by atoms with Crippen molar-refractivity contribution < 1.29 is 9.18 Å². The summed E-state index contributed by atoms with van der Waals surface area (Å²) in [6.07, 6.45) is 0.802. The van der Waals surface area contributed by atoms with Gasteiger partial charge in [0.2, 0.25) is 0 Å². The van der Waals surface area contributed by atoms with Gasteiger partial charge in [0.25, 0.3) is 0 Å². The predicted octanol–water partition coefficient (Wildman–Crippen LogP) is 4.42. The van der Waals surface area contributed by atoms with Gasteiger partial charge in [0, 0.05) is 37.4 Å². The molecule has 0 aliphatic carbocycles. The number of carbonyl (C=O) groups excluding carboxylic acids is 1. The quantitative estimate of drug-likeness (QED) is 0.584. The molecular weight excluding hydrogens is 363 g/mol. The summed E-state index contributed by atoms with van der Waals surface area (Å²) >= 11 is 0. The van der Waals surface area contributed by atoms with Crippen molar-refractivity contribution in [1.29, 1.82) is 0 Å². The van der Waals surface area contributed by atoms with E-state index in [4.69, 9.17) is 0 Å². The fraction of sp³-hybridized carbons (Fsp3) is 0.240. The lowest BCUT2D eigenvalue weighted by molar-refractivity contribution is 0.0926. The fourth-order valence-electron chi connectivity index (χ4n) is 3.75. The van der Waals surface area contributed by atoms with Crippen LogP contribution in [0.3, 0.4) is 0 Å². The van der Waals surface area contributed by atoms with Crippen molar-refractivity contribution in [2.24, 2.45) is 0 Å². The third-order valence-corrected chi connectivity index (χ3v) is 5.46. The Morgan fingerprint density at radius 1 is 0.759 bits per heavy atom. The number of piperazine rings is 1. The van der Waals surface area contributed by atoms with Gasteiger partial charge in [0.05, 0.1) is 6.54 Å². The van der Waals surface area contributed by atoms with Gasteiger partial charge in [0.1, 0.15) is 5.82 Å². The second kappa shape index (κ2) is 9.01. The van der Waals surface area contributed by atoms with Crippen LogP contribution in [0.15, 0.2) is 78.9 Å². The second-order valence-corrected chi connectivity index (χ2v) is 7.52. The fourth-order valence-corrected chi connectivity index (χ4v) is 3.75. The number of ketones is 1. The summed E-state index contributed by atoms with van der Waals surface area (Å²) in [6.45, 7) is 4.08. The average Bonchev–Trinajstić information content (AvgIpc) is 2.77. The van der Waals surface area contributed by atoms with Gasteiger partial charge < -0.3 is 4.90 Å². The van der Waals surface area contributed by atoms with Gasteiger partial charge in [-0.3, -0.25) is 9.69 Å². The lowest BCUT2D eigenvalue weighted by Crippen LogP contribution is -2.48. The van der Waals surface area contributed by atoms with Gasteiger partial charge in [-0.1, -0.05) is 54.6 Å². The van der Waals surface area contributed by atoms with Gasteiger partial charge in [-0.05, 0) is 41.8 Å². The van der Waals surface area contributed by atoms with Crippen LogP contribution in [0, 0.1) is 5.82 Å². The third kappa shape index (κ3) is 5.09. The first-order valence-corrected chi connectivity index (χ1v) is 10.1. The van der Waals surface area contributed by atoms with Gasteiger partial charge in [0.15, 0.2) is 5.78 Å². The number of Topliss-reactive ketones (excluding diaryl/α,β-unsaturated/α-hetero) is 1. The summed E-state index contributed by atoms with van der Waals surface area (Å²) in [5.41, 5.74) is 4.32. The minimum absolute atomic E-state index is 0.184. The van der Waals surface area contributed by atoms with Crippen molar-refractivity contribution >= 4 is 11.5 Å². The Labute approximate surface area is 171 Å². The number of benzene rings is 3. The molecule has 0 atom stereocenters. The highest BCUT2D eigenvalue weighted by Gasteiger charge is 2.19. The maximum absolute atomic E-state index is 13.0. The topological polar surface area (TPSA) is 23.6 Å². The lowest BCUT2D eigenvalue weighted by Gasteiger charge is -2.35. The molecule has 0 amide bonds. The van der Waals surface area contributed by atoms with E-state index in [0.29, 0.717) is 6.54 Å². The van der Waals surface area contributed by atoms with E-state index in [-0.39, 0.29) is 11.6 Å². The van der Waals surface area contributed by atoms with E-state index in [1.165, 1.54) is 23.4 Å². The largest absolute Gasteiger partial charge is 0.369 e. The Morgan fingerprint density at radius 3 is 1.97 bits per heavy atom. The standard InChI is InChI=1S/C25H25FN2O/c26-23-10-6-20(7-11-23)18-21-8-12-24(13-9-21)28-16-14-27(15-17-28)19-25(29)22-4-2-1-3-5-22/h1-13H,14-19H2. The van der Waals surface area contributed by atoms with Crippen molar-refractivity contribution in [3.63, 3.8) is 0 Å². The van der Waals surface area contributed by atoms with Gasteiger partial charge in [-0.15, -0.1) is 0 Å². The Morgan fingerprint density at radius 2 is 1.34 bits per heavy atom. The molecule has 0 radical (unpaired) electrons. The highest BCUT2D eigenvalue weighted by atomic mass is 19.1. The first-order chi connectivity index (χ1) is 14.2. The number of rotatable bonds is 6. The molecule has 29 heavy (non-hydrogen) atoms. The zero-order valence-corrected chi connectivity index (χ0v) is 16.4. The molecule has 1 fully saturated rings. The van der Waals surface area contributed by atoms with Crippen LogP contribution in [0.5, 0.6) is 0 Å². The lowest BCUT2D eigenvalue weighted by atomic mass is 10.0. The first-order valence-electron chi connectivity index (χ1n) is 10.1. The number of hydrogen-bond acceptors (Lipinski definition) is 3. The van der Waals surface area contributed by atoms with Crippen molar-refractivity contribution in [2.45, 2.75) is 6.42 Å². The van der Waals surface area contributed by atoms with Crippen LogP contribution in [-0.4, -0.2) is 43.4 Å². The number of anilines is 1. The minimum Gasteiger partial charge on any atom is -0.369 e. The second-order valence-electron chi connectivity index (χ2n) is 7.52. The Kier molecular flexibility index (Phi) is 6.01. The molecule has 4 rings (SSSR count). The Hall–Kier alpha value is -2.98. The molecular formula is C25H25FN2O. The van der Waals surface area contributed by atoms with Gasteiger partial charge in [-0.2, -0.15) is 0 Å². The van der Waals surface area contributed by atoms with Crippen LogP contribution in [-0.2, 0) is 6.42 Å². The first kappa shape index (κ1) is 19.3. The van der Waals surface area contributed by atoms with Gasteiger partial charge in [-0.25, -0.2) is 4.39 Å². The van der Waals surface area contributed by atoms with Crippen molar-refractivity contribution in [1.82, 2.24) is 4.90 Å². The summed E-state index contributed by atoms with van der Waals surface area (Å²) < 4.78 is 13.0. The molecule has 148 valence electrons. The molecule has 1 aliphatic rings. The molecule has 4 heteroatoms. The summed E-state index contributed by atoms with van der Waals surface area (Å²) in [4.78, 5) is 17.0. The van der Waals surface area contributed by atoms with Crippen LogP contribution in [0.25, 0.3) is 0 Å². The van der Waals surface area contributed by atoms with E-state index in [1.54, 1.807) is 0 Å². The van der Waals surface area contributed by atoms with Crippen molar-refractivity contribution in [2.75, 3.05) is 37.6 Å². The third-order valence-electron chi connectivity index (χ3n) is 5.46. The molecule has 3 aromatic rings. The molecule has 1 saturated heterocycles. The number of nitrogens with zero attached hydrogens (tertiary/aromatic N) is 2. The maximum atomic E-state index is 13.0. The molecule has 0 unspecified atom stereocenters.